The van der Waals surface area contributed by atoms with Gasteiger partial charge in [0.1, 0.15) is 22.8 Å². The Kier molecular flexibility index (Phi) is 3.33. The van der Waals surface area contributed by atoms with E-state index < -0.39 is 23.2 Å². The monoisotopic (exact) mass is 267 g/mol. The quantitative estimate of drug-likeness (QED) is 0.849. The number of rotatable bonds is 2. The zero-order chi connectivity index (χ0) is 14.2. The predicted octanol–water partition coefficient (Wildman–Crippen LogP) is 2.21. The fourth-order valence-electron chi connectivity index (χ4n) is 1.64. The molecule has 1 heterocycles. The lowest BCUT2D eigenvalue weighted by Gasteiger charge is -2.08. The summed E-state index contributed by atoms with van der Waals surface area (Å²) in [4.78, 5) is 23.3. The van der Waals surface area contributed by atoms with Crippen molar-refractivity contribution in [3.63, 3.8) is 0 Å². The molecule has 1 aromatic heterocycles. The van der Waals surface area contributed by atoms with E-state index in [1.165, 1.54) is 0 Å². The molecule has 1 N–H and O–H groups in total. The summed E-state index contributed by atoms with van der Waals surface area (Å²) in [7, 11) is 0. The second-order valence-corrected chi connectivity index (χ2v) is 4.38. The number of carbonyl (C=O) groups excluding carboxylic acids is 1. The fraction of sp³-hybridized carbons (Fsp3) is 0.231. The van der Waals surface area contributed by atoms with Crippen LogP contribution in [0.2, 0.25) is 0 Å². The Bertz CT molecular complexity index is 707. The highest BCUT2D eigenvalue weighted by Crippen LogP contribution is 2.19. The van der Waals surface area contributed by atoms with Gasteiger partial charge in [-0.1, -0.05) is 0 Å². The standard InChI is InChI=1S/C13H11F2NO3/c1-6(2)16-12(17)9-5-8-10(15)3-7(14)4-11(8)19-13(9)18/h3-6H,1-2H3,(H,16,17). The minimum Gasteiger partial charge on any atom is -0.422 e. The summed E-state index contributed by atoms with van der Waals surface area (Å²) in [5.41, 5.74) is -1.48. The third-order valence-electron chi connectivity index (χ3n) is 2.43. The van der Waals surface area contributed by atoms with Gasteiger partial charge in [-0.2, -0.15) is 0 Å². The number of halogens is 2. The van der Waals surface area contributed by atoms with Crippen LogP contribution in [0.5, 0.6) is 0 Å². The van der Waals surface area contributed by atoms with Crippen molar-refractivity contribution in [1.29, 1.82) is 0 Å². The van der Waals surface area contributed by atoms with E-state index in [0.717, 1.165) is 12.1 Å². The van der Waals surface area contributed by atoms with Crippen LogP contribution in [-0.2, 0) is 0 Å². The largest absolute Gasteiger partial charge is 0.422 e. The third kappa shape index (κ3) is 2.62. The van der Waals surface area contributed by atoms with E-state index in [4.69, 9.17) is 4.42 Å². The summed E-state index contributed by atoms with van der Waals surface area (Å²) in [5, 5.41) is 2.38. The number of nitrogens with one attached hydrogen (secondary N) is 1. The number of fused-ring (bicyclic) bond motifs is 1. The smallest absolute Gasteiger partial charge is 0.349 e. The van der Waals surface area contributed by atoms with Gasteiger partial charge >= 0.3 is 5.63 Å². The predicted molar refractivity (Wildman–Crippen MR) is 65.0 cm³/mol. The van der Waals surface area contributed by atoms with Crippen LogP contribution in [0.15, 0.2) is 27.4 Å². The van der Waals surface area contributed by atoms with Crippen molar-refractivity contribution in [3.8, 4) is 0 Å². The average molecular weight is 267 g/mol. The van der Waals surface area contributed by atoms with Gasteiger partial charge in [-0.05, 0) is 19.9 Å². The Morgan fingerprint density at radius 1 is 1.26 bits per heavy atom. The SMILES string of the molecule is CC(C)NC(=O)c1cc2c(F)cc(F)cc2oc1=O. The van der Waals surface area contributed by atoms with Crippen LogP contribution in [0.1, 0.15) is 24.2 Å². The molecule has 1 aromatic carbocycles. The Labute approximate surface area is 107 Å². The molecular formula is C13H11F2NO3. The molecule has 0 radical (unpaired) electrons. The maximum Gasteiger partial charge on any atom is 0.349 e. The molecule has 19 heavy (non-hydrogen) atoms. The molecule has 0 bridgehead atoms. The molecule has 2 aromatic rings. The van der Waals surface area contributed by atoms with Gasteiger partial charge in [-0.15, -0.1) is 0 Å². The van der Waals surface area contributed by atoms with Crippen molar-refractivity contribution in [3.05, 3.63) is 45.8 Å². The fourth-order valence-corrected chi connectivity index (χ4v) is 1.64. The Balaban J connectivity index is 2.62. The summed E-state index contributed by atoms with van der Waals surface area (Å²) >= 11 is 0. The normalized spacial score (nSPS) is 11.0. The molecule has 0 atom stereocenters. The van der Waals surface area contributed by atoms with E-state index in [-0.39, 0.29) is 22.6 Å². The molecule has 4 nitrogen and oxygen atoms in total. The number of hydrogen-bond acceptors (Lipinski definition) is 3. The van der Waals surface area contributed by atoms with E-state index in [2.05, 4.69) is 5.32 Å². The van der Waals surface area contributed by atoms with Gasteiger partial charge < -0.3 is 9.73 Å². The summed E-state index contributed by atoms with van der Waals surface area (Å²) in [6.45, 7) is 3.44. The third-order valence-corrected chi connectivity index (χ3v) is 2.43. The van der Waals surface area contributed by atoms with Crippen LogP contribution in [0.3, 0.4) is 0 Å². The van der Waals surface area contributed by atoms with Gasteiger partial charge in [0.2, 0.25) is 0 Å². The first-order valence-electron chi connectivity index (χ1n) is 5.62. The molecule has 2 rings (SSSR count). The summed E-state index contributed by atoms with van der Waals surface area (Å²) in [6.07, 6.45) is 0. The van der Waals surface area contributed by atoms with Crippen molar-refractivity contribution in [2.24, 2.45) is 0 Å². The van der Waals surface area contributed by atoms with Gasteiger partial charge in [-0.25, -0.2) is 13.6 Å². The zero-order valence-corrected chi connectivity index (χ0v) is 10.3. The number of benzene rings is 1. The van der Waals surface area contributed by atoms with Gasteiger partial charge in [-0.3, -0.25) is 4.79 Å². The molecule has 0 aliphatic heterocycles. The zero-order valence-electron chi connectivity index (χ0n) is 10.3. The second-order valence-electron chi connectivity index (χ2n) is 4.38. The molecular weight excluding hydrogens is 256 g/mol. The van der Waals surface area contributed by atoms with Crippen molar-refractivity contribution in [2.75, 3.05) is 0 Å². The van der Waals surface area contributed by atoms with Crippen molar-refractivity contribution < 1.29 is 18.0 Å². The van der Waals surface area contributed by atoms with Crippen LogP contribution < -0.4 is 10.9 Å². The first-order chi connectivity index (χ1) is 8.88. The summed E-state index contributed by atoms with van der Waals surface area (Å²) in [5.74, 6) is -2.40. The van der Waals surface area contributed by atoms with Crippen molar-refractivity contribution >= 4 is 16.9 Å². The van der Waals surface area contributed by atoms with Crippen molar-refractivity contribution in [1.82, 2.24) is 5.32 Å². The van der Waals surface area contributed by atoms with Crippen LogP contribution in [0, 0.1) is 11.6 Å². The van der Waals surface area contributed by atoms with Crippen molar-refractivity contribution in [2.45, 2.75) is 19.9 Å². The topological polar surface area (TPSA) is 59.3 Å². The van der Waals surface area contributed by atoms with E-state index in [9.17, 15) is 18.4 Å². The number of amides is 1. The van der Waals surface area contributed by atoms with E-state index in [1.807, 2.05) is 0 Å². The van der Waals surface area contributed by atoms with Gasteiger partial charge in [0.15, 0.2) is 0 Å². The van der Waals surface area contributed by atoms with E-state index >= 15 is 0 Å². The molecule has 100 valence electrons. The highest BCUT2D eigenvalue weighted by molar-refractivity contribution is 5.96. The Morgan fingerprint density at radius 2 is 1.95 bits per heavy atom. The van der Waals surface area contributed by atoms with Crippen LogP contribution >= 0.6 is 0 Å². The molecule has 0 aliphatic carbocycles. The average Bonchev–Trinajstić information content (AvgIpc) is 2.26. The molecule has 0 spiro atoms. The van der Waals surface area contributed by atoms with Gasteiger partial charge in [0.05, 0.1) is 5.39 Å². The minimum atomic E-state index is -0.935. The second kappa shape index (κ2) is 4.79. The highest BCUT2D eigenvalue weighted by Gasteiger charge is 2.16. The molecule has 0 unspecified atom stereocenters. The van der Waals surface area contributed by atoms with Gasteiger partial charge in [0, 0.05) is 18.2 Å². The number of hydrogen-bond donors (Lipinski definition) is 1. The first-order valence-corrected chi connectivity index (χ1v) is 5.62. The summed E-state index contributed by atoms with van der Waals surface area (Å²) < 4.78 is 31.3. The van der Waals surface area contributed by atoms with E-state index in [1.54, 1.807) is 13.8 Å². The molecule has 0 fully saturated rings. The molecule has 0 saturated carbocycles. The van der Waals surface area contributed by atoms with E-state index in [0.29, 0.717) is 6.07 Å². The first kappa shape index (κ1) is 13.2. The Morgan fingerprint density at radius 3 is 2.58 bits per heavy atom. The molecule has 1 amide bonds. The van der Waals surface area contributed by atoms with Gasteiger partial charge in [0.25, 0.3) is 5.91 Å². The highest BCUT2D eigenvalue weighted by atomic mass is 19.1. The maximum absolute atomic E-state index is 13.6. The lowest BCUT2D eigenvalue weighted by atomic mass is 10.1. The lowest BCUT2D eigenvalue weighted by molar-refractivity contribution is 0.0939. The van der Waals surface area contributed by atoms with Crippen LogP contribution in [0.4, 0.5) is 8.78 Å². The minimum absolute atomic E-state index is 0.116. The lowest BCUT2D eigenvalue weighted by Crippen LogP contribution is -2.33. The van der Waals surface area contributed by atoms with Crippen LogP contribution in [-0.4, -0.2) is 11.9 Å². The number of carbonyl (C=O) groups is 1. The Hall–Kier alpha value is -2.24. The summed E-state index contributed by atoms with van der Waals surface area (Å²) in [6, 6.07) is 2.44. The molecule has 0 aliphatic rings. The maximum atomic E-state index is 13.6. The molecule has 0 saturated heterocycles. The van der Waals surface area contributed by atoms with Crippen LogP contribution in [0.25, 0.3) is 11.0 Å². The molecule has 6 heteroatoms.